The van der Waals surface area contributed by atoms with E-state index in [1.165, 1.54) is 25.7 Å². The van der Waals surface area contributed by atoms with Gasteiger partial charge in [0.05, 0.1) is 6.20 Å². The highest BCUT2D eigenvalue weighted by molar-refractivity contribution is 5.66. The van der Waals surface area contributed by atoms with Crippen molar-refractivity contribution in [3.63, 3.8) is 0 Å². The SMILES string of the molecule is c1cn2nccc2c(NCC(C2CC2)C2CC2)n1. The molecule has 4 rings (SSSR count). The molecule has 2 saturated carbocycles. The van der Waals surface area contributed by atoms with Gasteiger partial charge in [0.2, 0.25) is 0 Å². The zero-order valence-corrected chi connectivity index (χ0v) is 10.4. The summed E-state index contributed by atoms with van der Waals surface area (Å²) in [6.07, 6.45) is 11.3. The fraction of sp³-hybridized carbons (Fsp3) is 0.571. The van der Waals surface area contributed by atoms with Gasteiger partial charge in [-0.3, -0.25) is 0 Å². The fourth-order valence-corrected chi connectivity index (χ4v) is 2.98. The largest absolute Gasteiger partial charge is 0.368 e. The van der Waals surface area contributed by atoms with E-state index in [1.54, 1.807) is 0 Å². The highest BCUT2D eigenvalue weighted by Crippen LogP contribution is 2.49. The number of nitrogens with zero attached hydrogens (tertiary/aromatic N) is 3. The van der Waals surface area contributed by atoms with Crippen LogP contribution in [-0.2, 0) is 0 Å². The minimum Gasteiger partial charge on any atom is -0.368 e. The summed E-state index contributed by atoms with van der Waals surface area (Å²) in [4.78, 5) is 4.44. The molecular weight excluding hydrogens is 224 g/mol. The summed E-state index contributed by atoms with van der Waals surface area (Å²) in [5.74, 6) is 3.81. The van der Waals surface area contributed by atoms with Crippen LogP contribution < -0.4 is 5.32 Å². The van der Waals surface area contributed by atoms with Crippen LogP contribution in [0.4, 0.5) is 5.82 Å². The monoisotopic (exact) mass is 242 g/mol. The van der Waals surface area contributed by atoms with Gasteiger partial charge >= 0.3 is 0 Å². The fourth-order valence-electron chi connectivity index (χ4n) is 2.98. The predicted octanol–water partition coefficient (Wildman–Crippen LogP) is 2.58. The molecule has 2 aromatic rings. The van der Waals surface area contributed by atoms with Crippen molar-refractivity contribution in [3.8, 4) is 0 Å². The van der Waals surface area contributed by atoms with Crippen LogP contribution in [0.1, 0.15) is 25.7 Å². The van der Waals surface area contributed by atoms with Crippen LogP contribution >= 0.6 is 0 Å². The molecule has 0 saturated heterocycles. The van der Waals surface area contributed by atoms with Gasteiger partial charge in [0, 0.05) is 18.9 Å². The molecule has 0 unspecified atom stereocenters. The van der Waals surface area contributed by atoms with E-state index >= 15 is 0 Å². The van der Waals surface area contributed by atoms with Crippen molar-refractivity contribution in [2.75, 3.05) is 11.9 Å². The third kappa shape index (κ3) is 1.85. The lowest BCUT2D eigenvalue weighted by Gasteiger charge is -2.16. The minimum atomic E-state index is 0.870. The molecule has 0 atom stereocenters. The molecule has 2 aliphatic rings. The molecule has 0 aromatic carbocycles. The Bertz CT molecular complexity index is 542. The van der Waals surface area contributed by atoms with E-state index < -0.39 is 0 Å². The number of anilines is 1. The maximum Gasteiger partial charge on any atom is 0.152 e. The first kappa shape index (κ1) is 10.4. The maximum atomic E-state index is 4.44. The molecule has 1 N–H and O–H groups in total. The summed E-state index contributed by atoms with van der Waals surface area (Å²) in [6, 6.07) is 2.01. The normalized spacial score (nSPS) is 19.6. The van der Waals surface area contributed by atoms with E-state index in [0.29, 0.717) is 0 Å². The van der Waals surface area contributed by atoms with Crippen molar-refractivity contribution >= 4 is 11.3 Å². The Morgan fingerprint density at radius 1 is 1.22 bits per heavy atom. The van der Waals surface area contributed by atoms with Crippen LogP contribution in [0.15, 0.2) is 24.7 Å². The number of aromatic nitrogens is 3. The molecule has 94 valence electrons. The second-order valence-electron chi connectivity index (χ2n) is 5.66. The average molecular weight is 242 g/mol. The van der Waals surface area contributed by atoms with Gasteiger partial charge in [-0.25, -0.2) is 9.50 Å². The smallest absolute Gasteiger partial charge is 0.152 e. The molecule has 0 spiro atoms. The van der Waals surface area contributed by atoms with E-state index in [4.69, 9.17) is 0 Å². The highest BCUT2D eigenvalue weighted by Gasteiger charge is 2.41. The summed E-state index contributed by atoms with van der Waals surface area (Å²) < 4.78 is 1.87. The molecule has 4 heteroatoms. The lowest BCUT2D eigenvalue weighted by Crippen LogP contribution is -2.19. The molecule has 0 amide bonds. The van der Waals surface area contributed by atoms with Crippen molar-refractivity contribution in [1.82, 2.24) is 14.6 Å². The molecule has 2 fully saturated rings. The van der Waals surface area contributed by atoms with Gasteiger partial charge in [0.15, 0.2) is 5.82 Å². The first-order chi connectivity index (χ1) is 8.92. The Balaban J connectivity index is 1.51. The number of rotatable bonds is 5. The Morgan fingerprint density at radius 3 is 2.72 bits per heavy atom. The molecule has 0 bridgehead atoms. The Hall–Kier alpha value is -1.58. The number of hydrogen-bond acceptors (Lipinski definition) is 3. The van der Waals surface area contributed by atoms with E-state index in [0.717, 1.165) is 35.6 Å². The van der Waals surface area contributed by atoms with Crippen LogP contribution in [0.2, 0.25) is 0 Å². The van der Waals surface area contributed by atoms with Crippen LogP contribution in [0.3, 0.4) is 0 Å². The van der Waals surface area contributed by atoms with Gasteiger partial charge in [-0.1, -0.05) is 0 Å². The Kier molecular flexibility index (Phi) is 2.28. The molecular formula is C14H18N4. The van der Waals surface area contributed by atoms with E-state index in [-0.39, 0.29) is 0 Å². The van der Waals surface area contributed by atoms with Crippen LogP contribution in [0.25, 0.3) is 5.52 Å². The summed E-state index contributed by atoms with van der Waals surface area (Å²) in [7, 11) is 0. The standard InChI is InChI=1S/C14H18N4/c1-2-10(1)12(11-3-4-11)9-16-14-13-5-6-17-18(13)8-7-15-14/h5-8,10-12H,1-4,9H2,(H,15,16). The van der Waals surface area contributed by atoms with Crippen molar-refractivity contribution in [1.29, 1.82) is 0 Å². The van der Waals surface area contributed by atoms with Gasteiger partial charge in [0.1, 0.15) is 5.52 Å². The molecule has 0 aliphatic heterocycles. The topological polar surface area (TPSA) is 42.2 Å². The van der Waals surface area contributed by atoms with Gasteiger partial charge in [0.25, 0.3) is 0 Å². The Labute approximate surface area is 106 Å². The summed E-state index contributed by atoms with van der Waals surface area (Å²) in [5, 5.41) is 7.78. The molecule has 0 radical (unpaired) electrons. The highest BCUT2D eigenvalue weighted by atomic mass is 15.2. The lowest BCUT2D eigenvalue weighted by molar-refractivity contribution is 0.428. The van der Waals surface area contributed by atoms with Gasteiger partial charge < -0.3 is 5.32 Å². The van der Waals surface area contributed by atoms with Gasteiger partial charge in [-0.05, 0) is 49.5 Å². The van der Waals surface area contributed by atoms with E-state index in [2.05, 4.69) is 15.4 Å². The number of fused-ring (bicyclic) bond motifs is 1. The quantitative estimate of drug-likeness (QED) is 0.876. The van der Waals surface area contributed by atoms with Gasteiger partial charge in [-0.15, -0.1) is 0 Å². The lowest BCUT2D eigenvalue weighted by atomic mass is 9.98. The maximum absolute atomic E-state index is 4.44. The van der Waals surface area contributed by atoms with Crippen molar-refractivity contribution < 1.29 is 0 Å². The molecule has 2 heterocycles. The Morgan fingerprint density at radius 2 is 2.00 bits per heavy atom. The number of hydrogen-bond donors (Lipinski definition) is 1. The van der Waals surface area contributed by atoms with Crippen molar-refractivity contribution in [2.45, 2.75) is 25.7 Å². The minimum absolute atomic E-state index is 0.870. The van der Waals surface area contributed by atoms with Crippen molar-refractivity contribution in [3.05, 3.63) is 24.7 Å². The first-order valence-corrected chi connectivity index (χ1v) is 6.94. The second-order valence-corrected chi connectivity index (χ2v) is 5.66. The summed E-state index contributed by atoms with van der Waals surface area (Å²) in [5.41, 5.74) is 1.07. The zero-order valence-electron chi connectivity index (χ0n) is 10.4. The summed E-state index contributed by atoms with van der Waals surface area (Å²) in [6.45, 7) is 1.08. The molecule has 4 nitrogen and oxygen atoms in total. The zero-order chi connectivity index (χ0) is 11.9. The first-order valence-electron chi connectivity index (χ1n) is 6.94. The number of nitrogens with one attached hydrogen (secondary N) is 1. The van der Waals surface area contributed by atoms with E-state index in [1.807, 2.05) is 29.2 Å². The third-order valence-corrected chi connectivity index (χ3v) is 4.28. The molecule has 2 aliphatic carbocycles. The van der Waals surface area contributed by atoms with Crippen molar-refractivity contribution in [2.24, 2.45) is 17.8 Å². The van der Waals surface area contributed by atoms with Crippen LogP contribution in [-0.4, -0.2) is 21.1 Å². The van der Waals surface area contributed by atoms with Gasteiger partial charge in [-0.2, -0.15) is 5.10 Å². The molecule has 18 heavy (non-hydrogen) atoms. The summed E-state index contributed by atoms with van der Waals surface area (Å²) >= 11 is 0. The van der Waals surface area contributed by atoms with E-state index in [9.17, 15) is 0 Å². The predicted molar refractivity (Wildman–Crippen MR) is 70.4 cm³/mol. The molecule has 2 aromatic heterocycles. The van der Waals surface area contributed by atoms with Crippen LogP contribution in [0.5, 0.6) is 0 Å². The third-order valence-electron chi connectivity index (χ3n) is 4.28. The average Bonchev–Trinajstić information content (AvgIpc) is 3.30. The van der Waals surface area contributed by atoms with Crippen LogP contribution in [0, 0.1) is 17.8 Å². The second kappa shape index (κ2) is 3.97.